The molecule has 1 aliphatic rings. The molecule has 0 radical (unpaired) electrons. The molecular formula is C29H33N7O2. The average molecular weight is 512 g/mol. The van der Waals surface area contributed by atoms with Gasteiger partial charge < -0.3 is 20.3 Å². The first kappa shape index (κ1) is 25.5. The van der Waals surface area contributed by atoms with Gasteiger partial charge in [-0.2, -0.15) is 0 Å². The Morgan fingerprint density at radius 1 is 1.05 bits per heavy atom. The van der Waals surface area contributed by atoms with Crippen LogP contribution in [0.5, 0.6) is 0 Å². The van der Waals surface area contributed by atoms with Crippen molar-refractivity contribution in [3.8, 4) is 11.3 Å². The van der Waals surface area contributed by atoms with Crippen LogP contribution in [-0.4, -0.2) is 65.7 Å². The zero-order valence-corrected chi connectivity index (χ0v) is 22.0. The molecule has 2 N–H and O–H groups in total. The minimum absolute atomic E-state index is 0.109. The molecule has 1 fully saturated rings. The van der Waals surface area contributed by atoms with Gasteiger partial charge in [-0.15, -0.1) is 0 Å². The lowest BCUT2D eigenvalue weighted by Gasteiger charge is -2.27. The smallest absolute Gasteiger partial charge is 0.251 e. The number of hydrogen-bond donors (Lipinski definition) is 2. The number of anilines is 2. The molecule has 196 valence electrons. The summed E-state index contributed by atoms with van der Waals surface area (Å²) in [6.07, 6.45) is 5.15. The number of nitrogens with one attached hydrogen (secondary N) is 2. The van der Waals surface area contributed by atoms with Gasteiger partial charge in [0.2, 0.25) is 0 Å². The second-order valence-electron chi connectivity index (χ2n) is 9.62. The summed E-state index contributed by atoms with van der Waals surface area (Å²) in [4.78, 5) is 32.7. The molecule has 1 amide bonds. The van der Waals surface area contributed by atoms with E-state index in [4.69, 9.17) is 4.74 Å². The van der Waals surface area contributed by atoms with E-state index in [0.717, 1.165) is 72.2 Å². The van der Waals surface area contributed by atoms with Crippen molar-refractivity contribution in [2.75, 3.05) is 50.1 Å². The number of fused-ring (bicyclic) bond motifs is 1. The first-order valence-corrected chi connectivity index (χ1v) is 13.0. The number of benzene rings is 1. The fraction of sp³-hybridized carbons (Fsp3) is 0.345. The summed E-state index contributed by atoms with van der Waals surface area (Å²) < 4.78 is 5.43. The molecule has 4 heterocycles. The minimum atomic E-state index is -0.109. The fourth-order valence-corrected chi connectivity index (χ4v) is 4.78. The second kappa shape index (κ2) is 11.5. The van der Waals surface area contributed by atoms with E-state index in [1.165, 1.54) is 0 Å². The third-order valence-electron chi connectivity index (χ3n) is 7.27. The highest BCUT2D eigenvalue weighted by Crippen LogP contribution is 2.31. The number of nitrogens with zero attached hydrogens (tertiary/aromatic N) is 5. The molecule has 0 bridgehead atoms. The highest BCUT2D eigenvalue weighted by atomic mass is 16.5. The summed E-state index contributed by atoms with van der Waals surface area (Å²) in [7, 11) is 1.64. The van der Waals surface area contributed by atoms with Crippen LogP contribution in [0.1, 0.15) is 35.7 Å². The van der Waals surface area contributed by atoms with Crippen molar-refractivity contribution >= 4 is 28.4 Å². The largest absolute Gasteiger partial charge is 0.378 e. The maximum Gasteiger partial charge on any atom is 0.251 e. The Labute approximate surface area is 222 Å². The van der Waals surface area contributed by atoms with Crippen LogP contribution in [0.3, 0.4) is 0 Å². The van der Waals surface area contributed by atoms with Crippen LogP contribution < -0.4 is 15.5 Å². The van der Waals surface area contributed by atoms with E-state index in [9.17, 15) is 4.79 Å². The highest BCUT2D eigenvalue weighted by Gasteiger charge is 2.20. The van der Waals surface area contributed by atoms with E-state index in [1.807, 2.05) is 30.5 Å². The zero-order valence-electron chi connectivity index (χ0n) is 22.0. The van der Waals surface area contributed by atoms with Crippen molar-refractivity contribution < 1.29 is 9.53 Å². The van der Waals surface area contributed by atoms with Gasteiger partial charge in [0.05, 0.1) is 30.0 Å². The summed E-state index contributed by atoms with van der Waals surface area (Å²) >= 11 is 0. The van der Waals surface area contributed by atoms with E-state index in [2.05, 4.69) is 61.4 Å². The molecule has 2 atom stereocenters. The standard InChI is InChI=1S/C29H33N7O2/c1-19(20(2)22-5-4-6-23-24(29(37)30-3)9-10-31-28(22)23)16-32-26-15-25(34-18-35-26)21-7-8-27(33-17-21)36-11-13-38-14-12-36/h4-10,15,17-20H,11-14,16H2,1-3H3,(H,30,37)(H,32,34,35)/t19-,20?/m1/s1. The van der Waals surface area contributed by atoms with Crippen LogP contribution in [0, 0.1) is 5.92 Å². The number of rotatable bonds is 8. The molecule has 5 rings (SSSR count). The maximum absolute atomic E-state index is 12.3. The van der Waals surface area contributed by atoms with Gasteiger partial charge in [-0.25, -0.2) is 15.0 Å². The number of ether oxygens (including phenoxy) is 1. The monoisotopic (exact) mass is 511 g/mol. The van der Waals surface area contributed by atoms with Crippen molar-refractivity contribution in [3.63, 3.8) is 0 Å². The second-order valence-corrected chi connectivity index (χ2v) is 9.62. The van der Waals surface area contributed by atoms with E-state index < -0.39 is 0 Å². The van der Waals surface area contributed by atoms with E-state index >= 15 is 0 Å². The topological polar surface area (TPSA) is 105 Å². The van der Waals surface area contributed by atoms with Crippen LogP contribution >= 0.6 is 0 Å². The molecule has 38 heavy (non-hydrogen) atoms. The number of para-hydroxylation sites is 1. The molecule has 9 heteroatoms. The van der Waals surface area contributed by atoms with Crippen molar-refractivity contribution in [2.24, 2.45) is 5.92 Å². The quantitative estimate of drug-likeness (QED) is 0.364. The molecule has 0 aliphatic carbocycles. The summed E-state index contributed by atoms with van der Waals surface area (Å²) in [5.41, 5.74) is 4.40. The third-order valence-corrected chi connectivity index (χ3v) is 7.27. The molecule has 4 aromatic rings. The molecular weight excluding hydrogens is 478 g/mol. The lowest BCUT2D eigenvalue weighted by Crippen LogP contribution is -2.36. The van der Waals surface area contributed by atoms with Crippen molar-refractivity contribution in [1.29, 1.82) is 0 Å². The first-order chi connectivity index (χ1) is 18.5. The van der Waals surface area contributed by atoms with Crippen molar-refractivity contribution in [3.05, 3.63) is 72.3 Å². The third kappa shape index (κ3) is 5.43. The molecule has 0 spiro atoms. The Hall–Kier alpha value is -4.11. The SMILES string of the molecule is CNC(=O)c1ccnc2c(C(C)[C@H](C)CNc3cc(-c4ccc(N5CCOCC5)nc4)ncn3)cccc12. The molecule has 3 aromatic heterocycles. The number of carbonyl (C=O) groups excluding carboxylic acids is 1. The molecule has 1 aromatic carbocycles. The maximum atomic E-state index is 12.3. The molecule has 1 aliphatic heterocycles. The van der Waals surface area contributed by atoms with Crippen LogP contribution in [0.2, 0.25) is 0 Å². The Balaban J connectivity index is 1.27. The van der Waals surface area contributed by atoms with Gasteiger partial charge in [-0.1, -0.05) is 32.0 Å². The molecule has 0 saturated carbocycles. The van der Waals surface area contributed by atoms with Crippen molar-refractivity contribution in [2.45, 2.75) is 19.8 Å². The summed E-state index contributed by atoms with van der Waals surface area (Å²) in [6.45, 7) is 8.30. The Bertz CT molecular complexity index is 1400. The highest BCUT2D eigenvalue weighted by molar-refractivity contribution is 6.06. The predicted octanol–water partition coefficient (Wildman–Crippen LogP) is 4.13. The summed E-state index contributed by atoms with van der Waals surface area (Å²) in [6, 6.07) is 13.9. The molecule has 1 unspecified atom stereocenters. The van der Waals surface area contributed by atoms with E-state index in [1.54, 1.807) is 25.6 Å². The van der Waals surface area contributed by atoms with Gasteiger partial charge in [0.15, 0.2) is 0 Å². The van der Waals surface area contributed by atoms with Gasteiger partial charge in [0.1, 0.15) is 18.0 Å². The van der Waals surface area contributed by atoms with Gasteiger partial charge in [-0.05, 0) is 35.6 Å². The predicted molar refractivity (Wildman–Crippen MR) is 149 cm³/mol. The lowest BCUT2D eigenvalue weighted by atomic mass is 9.87. The normalized spacial score (nSPS) is 15.2. The van der Waals surface area contributed by atoms with Crippen LogP contribution in [-0.2, 0) is 4.74 Å². The van der Waals surface area contributed by atoms with Crippen LogP contribution in [0.15, 0.2) is 61.2 Å². The fourth-order valence-electron chi connectivity index (χ4n) is 4.78. The number of pyridine rings is 2. The lowest BCUT2D eigenvalue weighted by molar-refractivity contribution is 0.0964. The van der Waals surface area contributed by atoms with Gasteiger partial charge >= 0.3 is 0 Å². The summed E-state index contributed by atoms with van der Waals surface area (Å²) in [5, 5.41) is 7.06. The minimum Gasteiger partial charge on any atom is -0.378 e. The van der Waals surface area contributed by atoms with Gasteiger partial charge in [0.25, 0.3) is 5.91 Å². The average Bonchev–Trinajstić information content (AvgIpc) is 2.99. The molecule has 9 nitrogen and oxygen atoms in total. The number of carbonyl (C=O) groups is 1. The molecule has 1 saturated heterocycles. The Kier molecular flexibility index (Phi) is 7.74. The van der Waals surface area contributed by atoms with E-state index in [0.29, 0.717) is 5.56 Å². The summed E-state index contributed by atoms with van der Waals surface area (Å²) in [5.74, 6) is 2.10. The Morgan fingerprint density at radius 3 is 2.66 bits per heavy atom. The number of aromatic nitrogens is 4. The van der Waals surface area contributed by atoms with Gasteiger partial charge in [0, 0.05) is 56.1 Å². The zero-order chi connectivity index (χ0) is 26.5. The van der Waals surface area contributed by atoms with Crippen LogP contribution in [0.25, 0.3) is 22.2 Å². The first-order valence-electron chi connectivity index (χ1n) is 13.0. The van der Waals surface area contributed by atoms with Gasteiger partial charge in [-0.3, -0.25) is 9.78 Å². The van der Waals surface area contributed by atoms with Crippen molar-refractivity contribution in [1.82, 2.24) is 25.3 Å². The van der Waals surface area contributed by atoms with Crippen LogP contribution in [0.4, 0.5) is 11.6 Å². The Morgan fingerprint density at radius 2 is 1.89 bits per heavy atom. The number of morpholine rings is 1. The van der Waals surface area contributed by atoms with E-state index in [-0.39, 0.29) is 17.7 Å². The number of hydrogen-bond acceptors (Lipinski definition) is 8. The number of amides is 1.